The van der Waals surface area contributed by atoms with Crippen LogP contribution in [0.1, 0.15) is 46.0 Å². The first-order valence-corrected chi connectivity index (χ1v) is 7.60. The van der Waals surface area contributed by atoms with E-state index < -0.39 is 22.8 Å². The van der Waals surface area contributed by atoms with Crippen LogP contribution in [0.4, 0.5) is 0 Å². The molecule has 0 amide bonds. The second-order valence-electron chi connectivity index (χ2n) is 7.35. The zero-order valence-electron chi connectivity index (χ0n) is 12.7. The molecule has 2 N–H and O–H groups in total. The van der Waals surface area contributed by atoms with Crippen molar-refractivity contribution in [2.45, 2.75) is 62.8 Å². The normalized spacial score (nSPS) is 47.4. The van der Waals surface area contributed by atoms with Gasteiger partial charge >= 0.3 is 5.97 Å². The minimum atomic E-state index is -0.863. The lowest BCUT2D eigenvalue weighted by atomic mass is 9.46. The maximum absolute atomic E-state index is 12.0. The molecule has 4 rings (SSSR count). The standard InChI is InChI=1S/C16H24O5/c1-10(2)13(18)21-16-6-12-4-14(19,8-16)7-15(5-12,11(16)3)20-9-17/h11-12,17,19H,1,4-9H2,2-3H3. The summed E-state index contributed by atoms with van der Waals surface area (Å²) >= 11 is 0. The molecule has 0 saturated heterocycles. The van der Waals surface area contributed by atoms with E-state index in [0.29, 0.717) is 18.4 Å². The Bertz CT molecular complexity index is 489. The molecule has 0 heterocycles. The van der Waals surface area contributed by atoms with Gasteiger partial charge in [-0.25, -0.2) is 4.79 Å². The quantitative estimate of drug-likeness (QED) is 0.467. The lowest BCUT2D eigenvalue weighted by molar-refractivity contribution is -0.311. The number of carbonyl (C=O) groups excluding carboxylic acids is 1. The Morgan fingerprint density at radius 1 is 1.29 bits per heavy atom. The van der Waals surface area contributed by atoms with Crippen molar-refractivity contribution < 1.29 is 24.5 Å². The van der Waals surface area contributed by atoms with Gasteiger partial charge in [0.15, 0.2) is 0 Å². The molecule has 5 nitrogen and oxygen atoms in total. The summed E-state index contributed by atoms with van der Waals surface area (Å²) in [6, 6.07) is 0. The minimum absolute atomic E-state index is 0.0581. The highest BCUT2D eigenvalue weighted by Gasteiger charge is 2.69. The fourth-order valence-corrected chi connectivity index (χ4v) is 5.14. The molecule has 4 fully saturated rings. The van der Waals surface area contributed by atoms with E-state index >= 15 is 0 Å². The Labute approximate surface area is 124 Å². The van der Waals surface area contributed by atoms with Crippen LogP contribution in [0.5, 0.6) is 0 Å². The first-order chi connectivity index (χ1) is 9.74. The van der Waals surface area contributed by atoms with Crippen molar-refractivity contribution in [3.8, 4) is 0 Å². The molecule has 21 heavy (non-hydrogen) atoms. The third-order valence-electron chi connectivity index (χ3n) is 5.77. The van der Waals surface area contributed by atoms with Crippen LogP contribution in [0.25, 0.3) is 0 Å². The number of rotatable bonds is 4. The summed E-state index contributed by atoms with van der Waals surface area (Å²) in [5, 5.41) is 20.1. The molecule has 118 valence electrons. The molecule has 0 aromatic rings. The highest BCUT2D eigenvalue weighted by molar-refractivity contribution is 5.87. The highest BCUT2D eigenvalue weighted by atomic mass is 16.6. The van der Waals surface area contributed by atoms with Gasteiger partial charge in [-0.3, -0.25) is 0 Å². The van der Waals surface area contributed by atoms with Crippen LogP contribution in [0.3, 0.4) is 0 Å². The monoisotopic (exact) mass is 296 g/mol. The predicted molar refractivity (Wildman–Crippen MR) is 75.2 cm³/mol. The highest BCUT2D eigenvalue weighted by Crippen LogP contribution is 2.64. The van der Waals surface area contributed by atoms with E-state index in [-0.39, 0.29) is 18.6 Å². The molecule has 0 aliphatic heterocycles. The fourth-order valence-electron chi connectivity index (χ4n) is 5.14. The largest absolute Gasteiger partial charge is 0.455 e. The van der Waals surface area contributed by atoms with Crippen molar-refractivity contribution in [1.29, 1.82) is 0 Å². The van der Waals surface area contributed by atoms with Crippen LogP contribution in [0.15, 0.2) is 12.2 Å². The molecule has 5 unspecified atom stereocenters. The van der Waals surface area contributed by atoms with E-state index in [0.717, 1.165) is 19.3 Å². The average Bonchev–Trinajstić information content (AvgIpc) is 2.34. The Kier molecular flexibility index (Phi) is 3.24. The molecule has 0 aromatic heterocycles. The van der Waals surface area contributed by atoms with Crippen molar-refractivity contribution in [3.05, 3.63) is 12.2 Å². The Balaban J connectivity index is 1.97. The Morgan fingerprint density at radius 3 is 2.48 bits per heavy atom. The number of ether oxygens (including phenoxy) is 2. The number of hydrogen-bond donors (Lipinski definition) is 2. The molecule has 0 spiro atoms. The summed E-state index contributed by atoms with van der Waals surface area (Å²) in [4.78, 5) is 12.0. The van der Waals surface area contributed by atoms with Crippen LogP contribution >= 0.6 is 0 Å². The van der Waals surface area contributed by atoms with E-state index in [2.05, 4.69) is 6.58 Å². The minimum Gasteiger partial charge on any atom is -0.455 e. The first-order valence-electron chi connectivity index (χ1n) is 7.60. The molecular formula is C16H24O5. The van der Waals surface area contributed by atoms with Gasteiger partial charge in [0.2, 0.25) is 0 Å². The van der Waals surface area contributed by atoms with Crippen molar-refractivity contribution in [2.24, 2.45) is 11.8 Å². The smallest absolute Gasteiger partial charge is 0.333 e. The molecule has 4 saturated carbocycles. The molecule has 5 heteroatoms. The molecule has 4 bridgehead atoms. The van der Waals surface area contributed by atoms with Crippen molar-refractivity contribution in [3.63, 3.8) is 0 Å². The Hall–Kier alpha value is -0.910. The van der Waals surface area contributed by atoms with Crippen LogP contribution in [0, 0.1) is 11.8 Å². The van der Waals surface area contributed by atoms with Gasteiger partial charge in [0.05, 0.1) is 11.2 Å². The molecule has 5 atom stereocenters. The average molecular weight is 296 g/mol. The lowest BCUT2D eigenvalue weighted by Gasteiger charge is -2.66. The molecule has 4 aliphatic rings. The predicted octanol–water partition coefficient (Wildman–Crippen LogP) is 1.52. The number of carbonyl (C=O) groups is 1. The summed E-state index contributed by atoms with van der Waals surface area (Å²) in [6.07, 6.45) is 3.25. The van der Waals surface area contributed by atoms with Crippen molar-refractivity contribution in [1.82, 2.24) is 0 Å². The second-order valence-corrected chi connectivity index (χ2v) is 7.35. The van der Waals surface area contributed by atoms with Crippen LogP contribution in [0.2, 0.25) is 0 Å². The number of esters is 1. The van der Waals surface area contributed by atoms with Crippen LogP contribution in [-0.4, -0.2) is 39.8 Å². The van der Waals surface area contributed by atoms with E-state index in [4.69, 9.17) is 9.47 Å². The van der Waals surface area contributed by atoms with Gasteiger partial charge in [0, 0.05) is 24.3 Å². The van der Waals surface area contributed by atoms with Gasteiger partial charge in [-0.1, -0.05) is 13.5 Å². The molecule has 0 radical (unpaired) electrons. The van der Waals surface area contributed by atoms with Crippen molar-refractivity contribution >= 4 is 5.97 Å². The number of aliphatic hydroxyl groups is 2. The maximum atomic E-state index is 12.0. The van der Waals surface area contributed by atoms with Gasteiger partial charge in [0.1, 0.15) is 12.4 Å². The maximum Gasteiger partial charge on any atom is 0.333 e. The number of aliphatic hydroxyl groups excluding tert-OH is 1. The van der Waals surface area contributed by atoms with Crippen LogP contribution < -0.4 is 0 Å². The fraction of sp³-hybridized carbons (Fsp3) is 0.812. The van der Waals surface area contributed by atoms with E-state index in [1.807, 2.05) is 6.92 Å². The second kappa shape index (κ2) is 4.54. The van der Waals surface area contributed by atoms with Crippen molar-refractivity contribution in [2.75, 3.05) is 6.79 Å². The van der Waals surface area contributed by atoms with Gasteiger partial charge in [-0.05, 0) is 32.1 Å². The van der Waals surface area contributed by atoms with Gasteiger partial charge < -0.3 is 19.7 Å². The summed E-state index contributed by atoms with van der Waals surface area (Å²) in [5.74, 6) is -0.206. The topological polar surface area (TPSA) is 76.0 Å². The lowest BCUT2D eigenvalue weighted by Crippen LogP contribution is -2.72. The van der Waals surface area contributed by atoms with Gasteiger partial charge in [-0.2, -0.15) is 0 Å². The zero-order chi connectivity index (χ0) is 15.5. The third kappa shape index (κ3) is 2.14. The summed E-state index contributed by atoms with van der Waals surface area (Å²) in [6.45, 7) is 6.89. The third-order valence-corrected chi connectivity index (χ3v) is 5.77. The Morgan fingerprint density at radius 2 is 1.90 bits per heavy atom. The summed E-state index contributed by atoms with van der Waals surface area (Å²) in [7, 11) is 0. The first kappa shape index (κ1) is 15.0. The number of hydrogen-bond acceptors (Lipinski definition) is 5. The van der Waals surface area contributed by atoms with E-state index in [9.17, 15) is 15.0 Å². The summed E-state index contributed by atoms with van der Waals surface area (Å²) in [5.41, 5.74) is -1.81. The molecule has 0 aromatic carbocycles. The molecular weight excluding hydrogens is 272 g/mol. The van der Waals surface area contributed by atoms with E-state index in [1.54, 1.807) is 6.92 Å². The van der Waals surface area contributed by atoms with E-state index in [1.165, 1.54) is 0 Å². The SMILES string of the molecule is C=C(C)C(=O)OC12CC3CC(O)(CC(OCO)(C3)C1C)C2. The molecule has 4 aliphatic carbocycles. The van der Waals surface area contributed by atoms with Crippen LogP contribution in [-0.2, 0) is 14.3 Å². The zero-order valence-corrected chi connectivity index (χ0v) is 12.7. The van der Waals surface area contributed by atoms with Gasteiger partial charge in [0.25, 0.3) is 0 Å². The van der Waals surface area contributed by atoms with Gasteiger partial charge in [-0.15, -0.1) is 0 Å². The summed E-state index contributed by atoms with van der Waals surface area (Å²) < 4.78 is 11.5.